The van der Waals surface area contributed by atoms with Gasteiger partial charge in [0.25, 0.3) is 0 Å². The van der Waals surface area contributed by atoms with Gasteiger partial charge in [-0.15, -0.1) is 0 Å². The Hall–Kier alpha value is -0.650. The minimum atomic E-state index is 0.0815. The van der Waals surface area contributed by atoms with E-state index in [4.69, 9.17) is 15.2 Å². The number of hydrogen-bond donors (Lipinski definition) is 2. The molecule has 0 saturated carbocycles. The second kappa shape index (κ2) is 21.4. The Balaban J connectivity index is 0. The zero-order chi connectivity index (χ0) is 17.8. The monoisotopic (exact) mass is 332 g/mol. The van der Waals surface area contributed by atoms with Gasteiger partial charge in [-0.1, -0.05) is 59.8 Å². The maximum atomic E-state index is 11.2. The molecule has 140 valence electrons. The molecular formula is C18H40N2O3. The molecule has 0 fully saturated rings. The van der Waals surface area contributed by atoms with Gasteiger partial charge in [0.1, 0.15) is 0 Å². The molecule has 0 aromatic heterocycles. The summed E-state index contributed by atoms with van der Waals surface area (Å²) >= 11 is 0. The Morgan fingerprint density at radius 1 is 0.957 bits per heavy atom. The van der Waals surface area contributed by atoms with Gasteiger partial charge in [0, 0.05) is 19.5 Å². The molecule has 0 bridgehead atoms. The average molecular weight is 333 g/mol. The molecule has 0 aliphatic rings. The Morgan fingerprint density at radius 2 is 1.52 bits per heavy atom. The molecule has 0 rings (SSSR count). The molecule has 0 spiro atoms. The van der Waals surface area contributed by atoms with Crippen molar-refractivity contribution >= 4 is 5.91 Å². The summed E-state index contributed by atoms with van der Waals surface area (Å²) < 4.78 is 10.4. The Kier molecular flexibility index (Phi) is 22.8. The lowest BCUT2D eigenvalue weighted by Gasteiger charge is -2.08. The quantitative estimate of drug-likeness (QED) is 0.479. The normalized spacial score (nSPS) is 10.3. The third-order valence-corrected chi connectivity index (χ3v) is 3.00. The Labute approximate surface area is 143 Å². The fourth-order valence-electron chi connectivity index (χ4n) is 1.79. The van der Waals surface area contributed by atoms with Crippen molar-refractivity contribution in [2.45, 2.75) is 66.2 Å². The number of rotatable bonds is 14. The SMILES string of the molecule is CC(C)CC(=O)NCCOCCOCCN.CCCCCCC. The first-order valence-corrected chi connectivity index (χ1v) is 9.20. The van der Waals surface area contributed by atoms with E-state index in [1.54, 1.807) is 0 Å². The average Bonchev–Trinajstić information content (AvgIpc) is 2.50. The number of nitrogens with one attached hydrogen (secondary N) is 1. The summed E-state index contributed by atoms with van der Waals surface area (Å²) in [6.07, 6.45) is 7.58. The number of unbranched alkanes of at least 4 members (excludes halogenated alkanes) is 4. The van der Waals surface area contributed by atoms with Gasteiger partial charge in [0.2, 0.25) is 5.91 Å². The van der Waals surface area contributed by atoms with Crippen LogP contribution >= 0.6 is 0 Å². The van der Waals surface area contributed by atoms with E-state index >= 15 is 0 Å². The zero-order valence-corrected chi connectivity index (χ0v) is 15.9. The highest BCUT2D eigenvalue weighted by molar-refractivity contribution is 5.75. The van der Waals surface area contributed by atoms with Crippen molar-refractivity contribution in [3.05, 3.63) is 0 Å². The van der Waals surface area contributed by atoms with E-state index in [1.165, 1.54) is 32.1 Å². The first kappa shape index (κ1) is 24.6. The van der Waals surface area contributed by atoms with E-state index in [-0.39, 0.29) is 5.91 Å². The Bertz CT molecular complexity index is 232. The summed E-state index contributed by atoms with van der Waals surface area (Å²) in [5.41, 5.74) is 5.25. The van der Waals surface area contributed by atoms with Gasteiger partial charge in [0.05, 0.1) is 26.4 Å². The van der Waals surface area contributed by atoms with Crippen LogP contribution in [0.1, 0.15) is 66.2 Å². The van der Waals surface area contributed by atoms with Crippen molar-refractivity contribution in [3.8, 4) is 0 Å². The summed E-state index contributed by atoms with van der Waals surface area (Å²) in [5.74, 6) is 0.476. The number of nitrogens with two attached hydrogens (primary N) is 1. The van der Waals surface area contributed by atoms with Crippen LogP contribution in [0.2, 0.25) is 0 Å². The predicted molar refractivity (Wildman–Crippen MR) is 97.6 cm³/mol. The summed E-state index contributed by atoms with van der Waals surface area (Å²) in [6, 6.07) is 0. The first-order valence-electron chi connectivity index (χ1n) is 9.20. The number of ether oxygens (including phenoxy) is 2. The maximum absolute atomic E-state index is 11.2. The molecular weight excluding hydrogens is 292 g/mol. The molecule has 0 heterocycles. The molecule has 0 unspecified atom stereocenters. The highest BCUT2D eigenvalue weighted by atomic mass is 16.5. The molecule has 0 saturated heterocycles. The van der Waals surface area contributed by atoms with Crippen molar-refractivity contribution in [3.63, 3.8) is 0 Å². The number of hydrogen-bond acceptors (Lipinski definition) is 4. The van der Waals surface area contributed by atoms with Gasteiger partial charge in [-0.3, -0.25) is 4.79 Å². The van der Waals surface area contributed by atoms with E-state index < -0.39 is 0 Å². The first-order chi connectivity index (χ1) is 11.1. The van der Waals surface area contributed by atoms with Crippen LogP contribution in [-0.4, -0.2) is 45.4 Å². The highest BCUT2D eigenvalue weighted by Gasteiger charge is 2.02. The largest absolute Gasteiger partial charge is 0.378 e. The molecule has 3 N–H and O–H groups in total. The van der Waals surface area contributed by atoms with Gasteiger partial charge < -0.3 is 20.5 Å². The number of amides is 1. The van der Waals surface area contributed by atoms with Crippen LogP contribution in [0.15, 0.2) is 0 Å². The number of carbonyl (C=O) groups excluding carboxylic acids is 1. The second-order valence-corrected chi connectivity index (χ2v) is 6.02. The lowest BCUT2D eigenvalue weighted by molar-refractivity contribution is -0.122. The highest BCUT2D eigenvalue weighted by Crippen LogP contribution is 2.00. The molecule has 0 aromatic carbocycles. The van der Waals surface area contributed by atoms with E-state index in [1.807, 2.05) is 13.8 Å². The van der Waals surface area contributed by atoms with Gasteiger partial charge in [0.15, 0.2) is 0 Å². The lowest BCUT2D eigenvalue weighted by atomic mass is 10.1. The summed E-state index contributed by atoms with van der Waals surface area (Å²) in [5, 5.41) is 2.79. The molecule has 0 aliphatic heterocycles. The van der Waals surface area contributed by atoms with Crippen molar-refractivity contribution < 1.29 is 14.3 Å². The van der Waals surface area contributed by atoms with Gasteiger partial charge in [-0.05, 0) is 5.92 Å². The van der Waals surface area contributed by atoms with Crippen LogP contribution in [0, 0.1) is 5.92 Å². The minimum absolute atomic E-state index is 0.0815. The van der Waals surface area contributed by atoms with Crippen LogP contribution < -0.4 is 11.1 Å². The van der Waals surface area contributed by atoms with Crippen molar-refractivity contribution in [2.24, 2.45) is 11.7 Å². The van der Waals surface area contributed by atoms with E-state index in [0.29, 0.717) is 51.9 Å². The van der Waals surface area contributed by atoms with Crippen molar-refractivity contribution in [1.82, 2.24) is 5.32 Å². The van der Waals surface area contributed by atoms with Crippen LogP contribution in [-0.2, 0) is 14.3 Å². The molecule has 0 atom stereocenters. The molecule has 5 heteroatoms. The van der Waals surface area contributed by atoms with Crippen molar-refractivity contribution in [2.75, 3.05) is 39.5 Å². The molecule has 1 amide bonds. The zero-order valence-electron chi connectivity index (χ0n) is 15.9. The van der Waals surface area contributed by atoms with Crippen LogP contribution in [0.25, 0.3) is 0 Å². The molecule has 5 nitrogen and oxygen atoms in total. The second-order valence-electron chi connectivity index (χ2n) is 6.02. The fraction of sp³-hybridized carbons (Fsp3) is 0.944. The minimum Gasteiger partial charge on any atom is -0.378 e. The van der Waals surface area contributed by atoms with Crippen LogP contribution in [0.3, 0.4) is 0 Å². The molecule has 0 radical (unpaired) electrons. The fourth-order valence-corrected chi connectivity index (χ4v) is 1.79. The summed E-state index contributed by atoms with van der Waals surface area (Å²) in [6.45, 7) is 11.8. The smallest absolute Gasteiger partial charge is 0.220 e. The predicted octanol–water partition coefficient (Wildman–Crippen LogP) is 3.12. The standard InChI is InChI=1S/C11H24N2O3.C7H16/c1-10(2)9-11(14)13-4-6-16-8-7-15-5-3-12;1-3-5-7-6-4-2/h10H,3-9,12H2,1-2H3,(H,13,14);3-7H2,1-2H3. The molecule has 23 heavy (non-hydrogen) atoms. The summed E-state index contributed by atoms with van der Waals surface area (Å²) in [7, 11) is 0. The van der Waals surface area contributed by atoms with Gasteiger partial charge in [-0.25, -0.2) is 0 Å². The van der Waals surface area contributed by atoms with E-state index in [9.17, 15) is 4.79 Å². The van der Waals surface area contributed by atoms with E-state index in [0.717, 1.165) is 0 Å². The van der Waals surface area contributed by atoms with Crippen LogP contribution in [0.5, 0.6) is 0 Å². The van der Waals surface area contributed by atoms with Gasteiger partial charge in [-0.2, -0.15) is 0 Å². The maximum Gasteiger partial charge on any atom is 0.220 e. The van der Waals surface area contributed by atoms with Gasteiger partial charge >= 0.3 is 0 Å². The van der Waals surface area contributed by atoms with Crippen LogP contribution in [0.4, 0.5) is 0 Å². The summed E-state index contributed by atoms with van der Waals surface area (Å²) in [4.78, 5) is 11.2. The van der Waals surface area contributed by atoms with E-state index in [2.05, 4.69) is 19.2 Å². The Morgan fingerprint density at radius 3 is 2.00 bits per heavy atom. The molecule has 0 aliphatic carbocycles. The topological polar surface area (TPSA) is 73.6 Å². The third kappa shape index (κ3) is 26.6. The third-order valence-electron chi connectivity index (χ3n) is 3.00. The molecule has 0 aromatic rings. The number of carbonyl (C=O) groups is 1. The van der Waals surface area contributed by atoms with Crippen molar-refractivity contribution in [1.29, 1.82) is 0 Å². The lowest BCUT2D eigenvalue weighted by Crippen LogP contribution is -2.28.